The predicted molar refractivity (Wildman–Crippen MR) is 77.5 cm³/mol. The lowest BCUT2D eigenvalue weighted by molar-refractivity contribution is -0.141. The Hall–Kier alpha value is -1.91. The summed E-state index contributed by atoms with van der Waals surface area (Å²) in [6.07, 6.45) is 0.813. The van der Waals surface area contributed by atoms with Crippen molar-refractivity contribution in [1.82, 2.24) is 9.21 Å². The number of carboxylic acids is 1. The first-order chi connectivity index (χ1) is 10.7. The van der Waals surface area contributed by atoms with Gasteiger partial charge in [0, 0.05) is 40.2 Å². The van der Waals surface area contributed by atoms with E-state index in [1.807, 2.05) is 0 Å². The second-order valence-electron chi connectivity index (χ2n) is 5.35. The first-order valence-electron chi connectivity index (χ1n) is 6.76. The molecule has 2 atom stereocenters. The second-order valence-corrected chi connectivity index (χ2v) is 7.43. The normalized spacial score (nSPS) is 21.8. The summed E-state index contributed by atoms with van der Waals surface area (Å²) in [5.41, 5.74) is -0.0200. The molecule has 1 aliphatic heterocycles. The van der Waals surface area contributed by atoms with Gasteiger partial charge in [0.25, 0.3) is 15.9 Å². The van der Waals surface area contributed by atoms with Crippen molar-refractivity contribution >= 4 is 21.9 Å². The molecule has 1 aromatic rings. The van der Waals surface area contributed by atoms with Gasteiger partial charge in [0.15, 0.2) is 0 Å². The van der Waals surface area contributed by atoms with Crippen LogP contribution in [0.2, 0.25) is 0 Å². The second kappa shape index (κ2) is 6.30. The Kier molecular flexibility index (Phi) is 4.78. The molecule has 2 heterocycles. The smallest absolute Gasteiger partial charge is 0.326 e. The lowest BCUT2D eigenvalue weighted by Gasteiger charge is -2.20. The number of nitrogens with zero attached hydrogens (tertiary/aromatic N) is 2. The number of rotatable bonds is 5. The Labute approximate surface area is 133 Å². The van der Waals surface area contributed by atoms with E-state index in [9.17, 15) is 23.1 Å². The molecule has 0 aliphatic carbocycles. The van der Waals surface area contributed by atoms with E-state index in [1.54, 1.807) is 0 Å². The summed E-state index contributed by atoms with van der Waals surface area (Å²) in [5, 5.41) is 8.85. The number of carbonyl (C=O) groups excluding carboxylic acids is 1. The van der Waals surface area contributed by atoms with Gasteiger partial charge >= 0.3 is 5.97 Å². The highest BCUT2D eigenvalue weighted by Gasteiger charge is 2.40. The van der Waals surface area contributed by atoms with Gasteiger partial charge in [0.2, 0.25) is 5.09 Å². The molecule has 10 heteroatoms. The molecule has 0 saturated carbocycles. The lowest BCUT2D eigenvalue weighted by atomic mass is 10.2. The highest BCUT2D eigenvalue weighted by Crippen LogP contribution is 2.25. The highest BCUT2D eigenvalue weighted by atomic mass is 32.2. The number of furan rings is 1. The molecule has 2 rings (SSSR count). The Morgan fingerprint density at radius 3 is 2.61 bits per heavy atom. The molecule has 1 aromatic heterocycles. The summed E-state index contributed by atoms with van der Waals surface area (Å²) in [6.45, 7) is 0.118. The van der Waals surface area contributed by atoms with E-state index < -0.39 is 27.9 Å². The molecule has 1 aliphatic rings. The van der Waals surface area contributed by atoms with Gasteiger partial charge in [-0.15, -0.1) is 0 Å². The minimum atomic E-state index is -3.80. The Morgan fingerprint density at radius 1 is 1.43 bits per heavy atom. The van der Waals surface area contributed by atoms with Gasteiger partial charge in [-0.05, 0) is 0 Å². The number of amides is 1. The van der Waals surface area contributed by atoms with Crippen LogP contribution in [0.5, 0.6) is 0 Å². The molecular formula is C13H18N2O7S. The zero-order valence-electron chi connectivity index (χ0n) is 12.9. The highest BCUT2D eigenvalue weighted by molar-refractivity contribution is 7.88. The molecule has 0 spiro atoms. The van der Waals surface area contributed by atoms with Crippen LogP contribution in [0.25, 0.3) is 0 Å². The molecule has 128 valence electrons. The summed E-state index contributed by atoms with van der Waals surface area (Å²) >= 11 is 0. The number of hydrogen-bond acceptors (Lipinski definition) is 6. The summed E-state index contributed by atoms with van der Waals surface area (Å²) in [4.78, 5) is 24.9. The fourth-order valence-electron chi connectivity index (χ4n) is 2.34. The summed E-state index contributed by atoms with van der Waals surface area (Å²) in [7, 11) is 0.312. The van der Waals surface area contributed by atoms with Crippen LogP contribution in [0, 0.1) is 0 Å². The zero-order valence-corrected chi connectivity index (χ0v) is 13.7. The van der Waals surface area contributed by atoms with Gasteiger partial charge in [0.1, 0.15) is 12.3 Å². The van der Waals surface area contributed by atoms with E-state index in [2.05, 4.69) is 0 Å². The lowest BCUT2D eigenvalue weighted by Crippen LogP contribution is -2.40. The number of hydrogen-bond donors (Lipinski definition) is 1. The largest absolute Gasteiger partial charge is 0.480 e. The van der Waals surface area contributed by atoms with Crippen LogP contribution in [0.15, 0.2) is 21.8 Å². The maximum absolute atomic E-state index is 12.5. The fraction of sp³-hybridized carbons (Fsp3) is 0.538. The first-order valence-corrected chi connectivity index (χ1v) is 8.20. The van der Waals surface area contributed by atoms with Crippen LogP contribution in [-0.4, -0.2) is 74.5 Å². The third-order valence-electron chi connectivity index (χ3n) is 3.70. The molecule has 1 amide bonds. The zero-order chi connectivity index (χ0) is 17.4. The van der Waals surface area contributed by atoms with Gasteiger partial charge in [-0.25, -0.2) is 17.5 Å². The van der Waals surface area contributed by atoms with Crippen molar-refractivity contribution in [2.24, 2.45) is 0 Å². The Bertz CT molecular complexity index is 710. The fourth-order valence-corrected chi connectivity index (χ4v) is 3.14. The molecule has 0 radical (unpaired) electrons. The van der Waals surface area contributed by atoms with E-state index in [0.717, 1.165) is 21.5 Å². The molecule has 1 fully saturated rings. The maximum Gasteiger partial charge on any atom is 0.326 e. The number of likely N-dealkylation sites (tertiary alicyclic amines) is 1. The summed E-state index contributed by atoms with van der Waals surface area (Å²) < 4.78 is 34.9. The van der Waals surface area contributed by atoms with E-state index in [0.29, 0.717) is 0 Å². The number of aliphatic carboxylic acids is 1. The molecule has 23 heavy (non-hydrogen) atoms. The predicted octanol–water partition coefficient (Wildman–Crippen LogP) is -0.156. The summed E-state index contributed by atoms with van der Waals surface area (Å²) in [6, 6.07) is 0.0766. The monoisotopic (exact) mass is 346 g/mol. The van der Waals surface area contributed by atoms with Gasteiger partial charge in [-0.2, -0.15) is 0 Å². The number of carbonyl (C=O) groups is 2. The third-order valence-corrected chi connectivity index (χ3v) is 5.38. The first kappa shape index (κ1) is 17.4. The number of ether oxygens (including phenoxy) is 1. The van der Waals surface area contributed by atoms with Crippen molar-refractivity contribution in [3.8, 4) is 0 Å². The quantitative estimate of drug-likeness (QED) is 0.787. The van der Waals surface area contributed by atoms with Crippen molar-refractivity contribution in [3.05, 3.63) is 17.9 Å². The average molecular weight is 346 g/mol. The van der Waals surface area contributed by atoms with E-state index in [-0.39, 0.29) is 29.7 Å². The number of carboxylic acid groups (broad SMARTS) is 1. The van der Waals surface area contributed by atoms with Crippen molar-refractivity contribution < 1.29 is 32.3 Å². The molecule has 1 saturated heterocycles. The number of methoxy groups -OCH3 is 1. The van der Waals surface area contributed by atoms with Crippen molar-refractivity contribution in [3.63, 3.8) is 0 Å². The van der Waals surface area contributed by atoms with Gasteiger partial charge in [0.05, 0.1) is 11.7 Å². The van der Waals surface area contributed by atoms with Crippen molar-refractivity contribution in [2.45, 2.75) is 23.7 Å². The Morgan fingerprint density at radius 2 is 2.09 bits per heavy atom. The minimum Gasteiger partial charge on any atom is -0.480 e. The molecule has 2 unspecified atom stereocenters. The van der Waals surface area contributed by atoms with Crippen LogP contribution < -0.4 is 0 Å². The van der Waals surface area contributed by atoms with Crippen molar-refractivity contribution in [2.75, 3.05) is 27.7 Å². The van der Waals surface area contributed by atoms with E-state index >= 15 is 0 Å². The average Bonchev–Trinajstić information content (AvgIpc) is 3.13. The standard InChI is InChI=1S/C13H18N2O7S/c1-14(2)23(19,20)11-4-8(7-22-11)12(16)15-6-9(21-3)5-10(15)13(17)18/h4,7,9-10H,5-6H2,1-3H3,(H,17,18). The van der Waals surface area contributed by atoms with Gasteiger partial charge in [-0.3, -0.25) is 4.79 Å². The Balaban J connectivity index is 2.27. The topological polar surface area (TPSA) is 117 Å². The molecule has 9 nitrogen and oxygen atoms in total. The van der Waals surface area contributed by atoms with Crippen LogP contribution >= 0.6 is 0 Å². The molecule has 1 N–H and O–H groups in total. The van der Waals surface area contributed by atoms with Gasteiger partial charge in [-0.1, -0.05) is 0 Å². The van der Waals surface area contributed by atoms with E-state index in [4.69, 9.17) is 9.15 Å². The molecular weight excluding hydrogens is 328 g/mol. The molecule has 0 bridgehead atoms. The van der Waals surface area contributed by atoms with E-state index in [1.165, 1.54) is 21.2 Å². The summed E-state index contributed by atoms with van der Waals surface area (Å²) in [5.74, 6) is -1.75. The minimum absolute atomic E-state index is 0.0200. The maximum atomic E-state index is 12.5. The molecule has 0 aromatic carbocycles. The van der Waals surface area contributed by atoms with Crippen LogP contribution in [0.1, 0.15) is 16.8 Å². The van der Waals surface area contributed by atoms with Crippen LogP contribution in [0.4, 0.5) is 0 Å². The SMILES string of the molecule is COC1CC(C(=O)O)N(C(=O)c2coc(S(=O)(=O)N(C)C)c2)C1. The van der Waals surface area contributed by atoms with Gasteiger partial charge < -0.3 is 19.2 Å². The number of sulfonamides is 1. The van der Waals surface area contributed by atoms with Crippen LogP contribution in [-0.2, 0) is 19.6 Å². The third kappa shape index (κ3) is 3.23. The van der Waals surface area contributed by atoms with Crippen LogP contribution in [0.3, 0.4) is 0 Å². The van der Waals surface area contributed by atoms with Crippen molar-refractivity contribution in [1.29, 1.82) is 0 Å².